The third-order valence-electron chi connectivity index (χ3n) is 11.7. The second-order valence-electron chi connectivity index (χ2n) is 13.7. The maximum atomic E-state index is 13.0. The van der Waals surface area contributed by atoms with Gasteiger partial charge in [-0.3, -0.25) is 9.59 Å². The summed E-state index contributed by atoms with van der Waals surface area (Å²) in [7, 11) is 0. The molecule has 0 saturated heterocycles. The lowest BCUT2D eigenvalue weighted by Gasteiger charge is -2.71. The van der Waals surface area contributed by atoms with Gasteiger partial charge in [0.15, 0.2) is 5.78 Å². The van der Waals surface area contributed by atoms with Crippen LogP contribution in [0, 0.1) is 39.4 Å². The maximum absolute atomic E-state index is 13.0. The largest absolute Gasteiger partial charge is 0.396 e. The number of carbonyl (C=O) groups excluding carboxylic acids is 2. The average molecular weight is 503 g/mol. The number of aliphatic hydroxyl groups is 4. The van der Waals surface area contributed by atoms with Gasteiger partial charge in [-0.15, -0.1) is 0 Å². The van der Waals surface area contributed by atoms with Crippen molar-refractivity contribution in [3.63, 3.8) is 0 Å². The van der Waals surface area contributed by atoms with Crippen LogP contribution in [0.1, 0.15) is 86.5 Å². The van der Waals surface area contributed by atoms with Crippen LogP contribution in [-0.2, 0) is 9.59 Å². The lowest BCUT2D eigenvalue weighted by Crippen LogP contribution is -2.75. The third-order valence-corrected chi connectivity index (χ3v) is 11.7. The number of Topliss-reactive ketones (excluding diaryl/α,β-unsaturated/α-hetero) is 1. The van der Waals surface area contributed by atoms with Crippen LogP contribution in [0.2, 0.25) is 0 Å². The van der Waals surface area contributed by atoms with Crippen LogP contribution in [0.3, 0.4) is 0 Å². The number of rotatable bonds is 5. The van der Waals surface area contributed by atoms with E-state index in [4.69, 9.17) is 0 Å². The lowest BCUT2D eigenvalue weighted by molar-refractivity contribution is -0.305. The van der Waals surface area contributed by atoms with E-state index >= 15 is 0 Å². The van der Waals surface area contributed by atoms with Gasteiger partial charge in [0, 0.05) is 29.1 Å². The van der Waals surface area contributed by atoms with Crippen LogP contribution in [0.5, 0.6) is 0 Å². The second kappa shape index (κ2) is 8.86. The first-order valence-corrected chi connectivity index (χ1v) is 13.7. The zero-order chi connectivity index (χ0) is 26.9. The highest BCUT2D eigenvalue weighted by atomic mass is 16.3. The van der Waals surface area contributed by atoms with Gasteiger partial charge in [0.25, 0.3) is 0 Å². The van der Waals surface area contributed by atoms with E-state index in [1.807, 2.05) is 40.7 Å². The molecule has 0 aromatic carbocycles. The van der Waals surface area contributed by atoms with Gasteiger partial charge in [0.05, 0.1) is 18.3 Å². The number of carbonyl (C=O) groups is 2. The summed E-state index contributed by atoms with van der Waals surface area (Å²) < 4.78 is 0. The summed E-state index contributed by atoms with van der Waals surface area (Å²) in [5.41, 5.74) is -2.59. The zero-order valence-corrected chi connectivity index (χ0v) is 22.9. The van der Waals surface area contributed by atoms with E-state index in [1.165, 1.54) is 0 Å². The minimum absolute atomic E-state index is 0.0525. The molecular weight excluding hydrogens is 456 g/mol. The molecule has 0 radical (unpaired) electrons. The number of aldehydes is 1. The fourth-order valence-corrected chi connectivity index (χ4v) is 9.83. The van der Waals surface area contributed by atoms with Gasteiger partial charge in [0.2, 0.25) is 0 Å². The van der Waals surface area contributed by atoms with Crippen molar-refractivity contribution in [2.45, 2.75) is 104 Å². The van der Waals surface area contributed by atoms with E-state index in [9.17, 15) is 30.0 Å². The molecule has 6 nitrogen and oxygen atoms in total. The van der Waals surface area contributed by atoms with E-state index < -0.39 is 39.5 Å². The molecule has 6 heteroatoms. The Morgan fingerprint density at radius 2 is 1.64 bits per heavy atom. The fraction of sp³-hybridized carbons (Fsp3) is 0.800. The fourth-order valence-electron chi connectivity index (χ4n) is 9.83. The number of hydrogen-bond donors (Lipinski definition) is 4. The van der Waals surface area contributed by atoms with Crippen LogP contribution < -0.4 is 0 Å². The van der Waals surface area contributed by atoms with Crippen molar-refractivity contribution in [1.29, 1.82) is 0 Å². The number of ketones is 1. The Balaban J connectivity index is 1.81. The molecule has 4 aliphatic carbocycles. The third kappa shape index (κ3) is 3.36. The molecule has 202 valence electrons. The first kappa shape index (κ1) is 27.7. The van der Waals surface area contributed by atoms with Crippen LogP contribution in [-0.4, -0.2) is 56.9 Å². The van der Waals surface area contributed by atoms with Crippen LogP contribution in [0.4, 0.5) is 0 Å². The van der Waals surface area contributed by atoms with Crippen molar-refractivity contribution in [2.75, 3.05) is 6.61 Å². The molecule has 9 atom stereocenters. The monoisotopic (exact) mass is 502 g/mol. The Bertz CT molecular complexity index is 978. The summed E-state index contributed by atoms with van der Waals surface area (Å²) >= 11 is 0. The molecule has 4 fully saturated rings. The summed E-state index contributed by atoms with van der Waals surface area (Å²) in [4.78, 5) is 25.3. The molecule has 4 rings (SSSR count). The van der Waals surface area contributed by atoms with Gasteiger partial charge in [-0.05, 0) is 74.7 Å². The van der Waals surface area contributed by atoms with Gasteiger partial charge < -0.3 is 20.4 Å². The molecule has 0 amide bonds. The Morgan fingerprint density at radius 1 is 1.00 bits per heavy atom. The average Bonchev–Trinajstić information content (AvgIpc) is 3.10. The Labute approximate surface area is 215 Å². The Kier molecular flexibility index (Phi) is 6.81. The topological polar surface area (TPSA) is 115 Å². The summed E-state index contributed by atoms with van der Waals surface area (Å²) in [5, 5.41) is 46.2. The van der Waals surface area contributed by atoms with Crippen molar-refractivity contribution in [1.82, 2.24) is 0 Å². The number of fused-ring (bicyclic) bond motifs is 5. The minimum atomic E-state index is -1.32. The van der Waals surface area contributed by atoms with E-state index in [2.05, 4.69) is 13.0 Å². The first-order valence-electron chi connectivity index (χ1n) is 13.7. The molecule has 0 unspecified atom stereocenters. The molecule has 0 bridgehead atoms. The van der Waals surface area contributed by atoms with Gasteiger partial charge in [0.1, 0.15) is 12.4 Å². The van der Waals surface area contributed by atoms with Gasteiger partial charge in [-0.1, -0.05) is 45.4 Å². The van der Waals surface area contributed by atoms with Gasteiger partial charge >= 0.3 is 0 Å². The zero-order valence-electron chi connectivity index (χ0n) is 22.9. The number of hydrogen-bond acceptors (Lipinski definition) is 6. The molecule has 0 heterocycles. The minimum Gasteiger partial charge on any atom is -0.396 e. The number of allylic oxidation sites excluding steroid dienone is 4. The van der Waals surface area contributed by atoms with E-state index in [1.54, 1.807) is 0 Å². The molecule has 36 heavy (non-hydrogen) atoms. The SMILES string of the molecule is CC(C)=CC/C=C(/C=O)[C@H]1CC[C@@]2(C)[C@@H]3CC[C@H]4C(C)(C)[C@@H](O)C(=O)C[C@]4(C)[C@@]3(O)C[C@H](O)[C@]12CO. The molecule has 4 saturated carbocycles. The highest BCUT2D eigenvalue weighted by Crippen LogP contribution is 2.75. The van der Waals surface area contributed by atoms with Gasteiger partial charge in [-0.25, -0.2) is 0 Å². The molecule has 0 spiro atoms. The predicted octanol–water partition coefficient (Wildman–Crippen LogP) is 3.75. The van der Waals surface area contributed by atoms with Crippen molar-refractivity contribution >= 4 is 12.1 Å². The first-order chi connectivity index (χ1) is 16.7. The van der Waals surface area contributed by atoms with Crippen LogP contribution in [0.15, 0.2) is 23.3 Å². The standard InChI is InChI=1S/C30H46O6/c1-18(2)8-7-9-19(16-31)20-12-13-27(5)23-11-10-22-26(3,4)25(35)21(33)14-28(22,6)30(23,36)15-24(34)29(20,27)17-32/h8-9,16,20,22-25,32,34-36H,7,10-15,17H2,1-6H3/b19-9-/t20-,22+,23+,24+,25+,27+,28+,29+,30-/m1/s1. The number of aliphatic hydroxyl groups excluding tert-OH is 3. The van der Waals surface area contributed by atoms with Crippen molar-refractivity contribution in [3.05, 3.63) is 23.3 Å². The van der Waals surface area contributed by atoms with Crippen molar-refractivity contribution < 1.29 is 30.0 Å². The molecule has 0 aromatic rings. The molecule has 0 aliphatic heterocycles. The Hall–Kier alpha value is -1.34. The van der Waals surface area contributed by atoms with E-state index in [0.29, 0.717) is 31.3 Å². The summed E-state index contributed by atoms with van der Waals surface area (Å²) in [5.74, 6) is -0.868. The molecule has 0 aromatic heterocycles. The normalized spacial score (nSPS) is 48.0. The smallest absolute Gasteiger partial charge is 0.162 e. The summed E-state index contributed by atoms with van der Waals surface area (Å²) in [6, 6.07) is 0. The molecule has 4 aliphatic rings. The maximum Gasteiger partial charge on any atom is 0.162 e. The van der Waals surface area contributed by atoms with E-state index in [0.717, 1.165) is 18.3 Å². The second-order valence-corrected chi connectivity index (χ2v) is 13.7. The van der Waals surface area contributed by atoms with Crippen molar-refractivity contribution in [2.24, 2.45) is 39.4 Å². The quantitative estimate of drug-likeness (QED) is 0.259. The van der Waals surface area contributed by atoms with Crippen molar-refractivity contribution in [3.8, 4) is 0 Å². The van der Waals surface area contributed by atoms with E-state index in [-0.39, 0.29) is 43.0 Å². The lowest BCUT2D eigenvalue weighted by atomic mass is 9.35. The van der Waals surface area contributed by atoms with Crippen LogP contribution in [0.25, 0.3) is 0 Å². The molecular formula is C30H46O6. The molecule has 4 N–H and O–H groups in total. The van der Waals surface area contributed by atoms with Gasteiger partial charge in [-0.2, -0.15) is 0 Å². The highest BCUT2D eigenvalue weighted by molar-refractivity contribution is 5.85. The van der Waals surface area contributed by atoms with Crippen LogP contribution >= 0.6 is 0 Å². The summed E-state index contributed by atoms with van der Waals surface area (Å²) in [6.45, 7) is 11.6. The summed E-state index contributed by atoms with van der Waals surface area (Å²) in [6.07, 6.45) is 6.29. The highest BCUT2D eigenvalue weighted by Gasteiger charge is 2.77. The Morgan fingerprint density at radius 3 is 2.22 bits per heavy atom. The predicted molar refractivity (Wildman–Crippen MR) is 138 cm³/mol.